The van der Waals surface area contributed by atoms with Crippen molar-refractivity contribution >= 4 is 11.9 Å². The van der Waals surface area contributed by atoms with E-state index in [-0.39, 0.29) is 30.0 Å². The lowest BCUT2D eigenvalue weighted by Gasteiger charge is -2.47. The molecular weight excluding hydrogens is 454 g/mol. The minimum atomic E-state index is -0.219. The zero-order valence-electron chi connectivity index (χ0n) is 21.2. The number of methoxy groups -OCH3 is 1. The summed E-state index contributed by atoms with van der Waals surface area (Å²) in [7, 11) is 1.65. The van der Waals surface area contributed by atoms with E-state index >= 15 is 0 Å². The second-order valence-corrected chi connectivity index (χ2v) is 10.3. The van der Waals surface area contributed by atoms with Gasteiger partial charge in [0.05, 0.1) is 13.2 Å². The Hall–Kier alpha value is -2.70. The Kier molecular flexibility index (Phi) is 8.02. The summed E-state index contributed by atoms with van der Waals surface area (Å²) in [5.74, 6) is 0.415. The number of rotatable bonds is 10. The molecule has 2 aromatic carbocycles. The molecule has 0 radical (unpaired) electrons. The summed E-state index contributed by atoms with van der Waals surface area (Å²) < 4.78 is 16.5. The van der Waals surface area contributed by atoms with Gasteiger partial charge < -0.3 is 19.1 Å². The Bertz CT molecular complexity index is 1010. The van der Waals surface area contributed by atoms with E-state index < -0.39 is 0 Å². The quantitative estimate of drug-likeness (QED) is 0.406. The standard InChI is InChI=1S/C30H37NO5/c1-34-16-17-35-15-7-14-29(32)21-18-22-8-6-9-23(19-21)31(22)30(33)36-20-28-26-12-4-2-10-24(26)25-11-3-5-13-27(25)28/h2-5,10-13,21-23,28H,6-9,14-20H2,1H3. The van der Waals surface area contributed by atoms with Crippen molar-refractivity contribution in [2.75, 3.05) is 33.5 Å². The molecule has 0 spiro atoms. The van der Waals surface area contributed by atoms with E-state index in [4.69, 9.17) is 14.2 Å². The molecule has 2 saturated heterocycles. The lowest BCUT2D eigenvalue weighted by molar-refractivity contribution is -0.127. The van der Waals surface area contributed by atoms with Crippen molar-refractivity contribution in [3.05, 3.63) is 59.7 Å². The van der Waals surface area contributed by atoms with Crippen LogP contribution in [0.2, 0.25) is 0 Å². The predicted octanol–water partition coefficient (Wildman–Crippen LogP) is 5.58. The molecule has 1 aliphatic carbocycles. The van der Waals surface area contributed by atoms with E-state index in [0.717, 1.165) is 38.5 Å². The summed E-state index contributed by atoms with van der Waals surface area (Å²) in [5, 5.41) is 0. The number of hydrogen-bond acceptors (Lipinski definition) is 5. The number of piperidine rings is 2. The SMILES string of the molecule is COCCOCCCC(=O)C1CC2CCCC(C1)N2C(=O)OCC1c2ccccc2-c2ccccc21. The molecule has 6 nitrogen and oxygen atoms in total. The van der Waals surface area contributed by atoms with Crippen LogP contribution in [-0.2, 0) is 19.0 Å². The number of hydrogen-bond donors (Lipinski definition) is 0. The van der Waals surface area contributed by atoms with E-state index in [1.54, 1.807) is 7.11 Å². The topological polar surface area (TPSA) is 65.1 Å². The van der Waals surface area contributed by atoms with Crippen molar-refractivity contribution in [1.29, 1.82) is 0 Å². The molecule has 6 heteroatoms. The van der Waals surface area contributed by atoms with Crippen LogP contribution in [0.5, 0.6) is 0 Å². The number of fused-ring (bicyclic) bond motifs is 5. The average Bonchev–Trinajstić information content (AvgIpc) is 3.22. The number of Topliss-reactive ketones (excluding diaryl/α,β-unsaturated/α-hetero) is 1. The summed E-state index contributed by atoms with van der Waals surface area (Å²) >= 11 is 0. The number of amides is 1. The third kappa shape index (κ3) is 5.21. The van der Waals surface area contributed by atoms with Gasteiger partial charge in [-0.1, -0.05) is 48.5 Å². The summed E-state index contributed by atoms with van der Waals surface area (Å²) in [6, 6.07) is 17.0. The Morgan fingerprint density at radius 3 is 2.17 bits per heavy atom. The zero-order valence-corrected chi connectivity index (χ0v) is 21.2. The van der Waals surface area contributed by atoms with E-state index in [0.29, 0.717) is 38.6 Å². The number of ketones is 1. The fourth-order valence-electron chi connectivity index (χ4n) is 6.41. The highest BCUT2D eigenvalue weighted by Gasteiger charge is 2.43. The molecular formula is C30H37NO5. The molecule has 1 amide bonds. The van der Waals surface area contributed by atoms with Crippen LogP contribution in [0.3, 0.4) is 0 Å². The molecule has 2 heterocycles. The molecule has 0 N–H and O–H groups in total. The van der Waals surface area contributed by atoms with E-state index in [1.807, 2.05) is 4.90 Å². The van der Waals surface area contributed by atoms with Gasteiger partial charge in [-0.2, -0.15) is 0 Å². The van der Waals surface area contributed by atoms with Crippen LogP contribution in [0, 0.1) is 5.92 Å². The number of nitrogens with zero attached hydrogens (tertiary/aromatic N) is 1. The second-order valence-electron chi connectivity index (χ2n) is 10.3. The van der Waals surface area contributed by atoms with Crippen molar-refractivity contribution < 1.29 is 23.8 Å². The van der Waals surface area contributed by atoms with Crippen molar-refractivity contribution in [2.24, 2.45) is 5.92 Å². The van der Waals surface area contributed by atoms with Crippen molar-refractivity contribution in [3.8, 4) is 11.1 Å². The molecule has 2 unspecified atom stereocenters. The highest BCUT2D eigenvalue weighted by Crippen LogP contribution is 2.45. The predicted molar refractivity (Wildman–Crippen MR) is 138 cm³/mol. The van der Waals surface area contributed by atoms with E-state index in [9.17, 15) is 9.59 Å². The van der Waals surface area contributed by atoms with Gasteiger partial charge >= 0.3 is 6.09 Å². The number of carbonyl (C=O) groups is 2. The summed E-state index contributed by atoms with van der Waals surface area (Å²) in [5.41, 5.74) is 4.91. The smallest absolute Gasteiger partial charge is 0.410 e. The maximum Gasteiger partial charge on any atom is 0.410 e. The molecule has 0 saturated carbocycles. The molecule has 0 aromatic heterocycles. The van der Waals surface area contributed by atoms with Crippen LogP contribution < -0.4 is 0 Å². The van der Waals surface area contributed by atoms with Crippen molar-refractivity contribution in [1.82, 2.24) is 4.90 Å². The Balaban J connectivity index is 1.17. The first-order chi connectivity index (χ1) is 17.7. The third-order valence-corrected chi connectivity index (χ3v) is 8.12. The summed E-state index contributed by atoms with van der Waals surface area (Å²) in [4.78, 5) is 28.2. The fourth-order valence-corrected chi connectivity index (χ4v) is 6.41. The minimum absolute atomic E-state index is 0.0388. The number of carbonyl (C=O) groups excluding carboxylic acids is 2. The molecule has 2 fully saturated rings. The van der Waals surface area contributed by atoms with Gasteiger partial charge in [0.15, 0.2) is 0 Å². The number of benzene rings is 2. The van der Waals surface area contributed by atoms with Crippen LogP contribution in [0.25, 0.3) is 11.1 Å². The van der Waals surface area contributed by atoms with E-state index in [2.05, 4.69) is 48.5 Å². The maximum atomic E-state index is 13.4. The lowest BCUT2D eigenvalue weighted by atomic mass is 9.76. The third-order valence-electron chi connectivity index (χ3n) is 8.12. The van der Waals surface area contributed by atoms with Crippen LogP contribution >= 0.6 is 0 Å². The van der Waals surface area contributed by atoms with Crippen molar-refractivity contribution in [2.45, 2.75) is 62.9 Å². The van der Waals surface area contributed by atoms with Gasteiger partial charge in [0.2, 0.25) is 0 Å². The van der Waals surface area contributed by atoms with Gasteiger partial charge in [0.25, 0.3) is 0 Å². The van der Waals surface area contributed by atoms with Gasteiger partial charge in [0.1, 0.15) is 12.4 Å². The highest BCUT2D eigenvalue weighted by atomic mass is 16.6. The van der Waals surface area contributed by atoms with Gasteiger partial charge in [0, 0.05) is 44.1 Å². The van der Waals surface area contributed by atoms with Gasteiger partial charge in [-0.25, -0.2) is 4.79 Å². The molecule has 2 aromatic rings. The van der Waals surface area contributed by atoms with Gasteiger partial charge in [-0.3, -0.25) is 4.79 Å². The first kappa shape index (κ1) is 25.0. The van der Waals surface area contributed by atoms with E-state index in [1.165, 1.54) is 22.3 Å². The first-order valence-electron chi connectivity index (χ1n) is 13.4. The van der Waals surface area contributed by atoms with Crippen LogP contribution in [-0.4, -0.2) is 62.4 Å². The molecule has 5 rings (SSSR count). The molecule has 192 valence electrons. The molecule has 2 bridgehead atoms. The second kappa shape index (κ2) is 11.6. The number of ether oxygens (including phenoxy) is 3. The molecule has 2 atom stereocenters. The molecule has 3 aliphatic rings. The van der Waals surface area contributed by atoms with Crippen molar-refractivity contribution in [3.63, 3.8) is 0 Å². The fraction of sp³-hybridized carbons (Fsp3) is 0.533. The van der Waals surface area contributed by atoms with Crippen LogP contribution in [0.15, 0.2) is 48.5 Å². The monoisotopic (exact) mass is 491 g/mol. The van der Waals surface area contributed by atoms with Gasteiger partial charge in [-0.05, 0) is 60.8 Å². The van der Waals surface area contributed by atoms with Crippen LogP contribution in [0.4, 0.5) is 4.79 Å². The first-order valence-corrected chi connectivity index (χ1v) is 13.4. The molecule has 36 heavy (non-hydrogen) atoms. The summed E-state index contributed by atoms with van der Waals surface area (Å²) in [6.07, 6.45) is 5.58. The van der Waals surface area contributed by atoms with Gasteiger partial charge in [-0.15, -0.1) is 0 Å². The van der Waals surface area contributed by atoms with Crippen LogP contribution in [0.1, 0.15) is 62.0 Å². The maximum absolute atomic E-state index is 13.4. The lowest BCUT2D eigenvalue weighted by Crippen LogP contribution is -2.55. The summed E-state index contributed by atoms with van der Waals surface area (Å²) in [6.45, 7) is 2.06. The highest BCUT2D eigenvalue weighted by molar-refractivity contribution is 5.82. The Labute approximate surface area is 213 Å². The zero-order chi connectivity index (χ0) is 24.9. The minimum Gasteiger partial charge on any atom is -0.448 e. The Morgan fingerprint density at radius 2 is 1.53 bits per heavy atom. The normalized spacial score (nSPS) is 22.7. The average molecular weight is 492 g/mol. The Morgan fingerprint density at radius 1 is 0.889 bits per heavy atom. The molecule has 2 aliphatic heterocycles. The largest absolute Gasteiger partial charge is 0.448 e.